The predicted molar refractivity (Wildman–Crippen MR) is 121 cm³/mol. The molecule has 32 heavy (non-hydrogen) atoms. The number of aliphatic carboxylic acids is 1. The molecular weight excluding hydrogens is 412 g/mol. The SMILES string of the molecule is CNc1nc(N)nc2ncc(CN(C)c3ccc(C(=O)N[C@H](C)CCC(=O)O)cc3)nc12. The first-order valence-electron chi connectivity index (χ1n) is 10.1. The summed E-state index contributed by atoms with van der Waals surface area (Å²) >= 11 is 0. The van der Waals surface area contributed by atoms with Gasteiger partial charge in [0.2, 0.25) is 5.95 Å². The van der Waals surface area contributed by atoms with Gasteiger partial charge in [-0.2, -0.15) is 9.97 Å². The van der Waals surface area contributed by atoms with Gasteiger partial charge in [-0.3, -0.25) is 9.59 Å². The number of carbonyl (C=O) groups excluding carboxylic acids is 1. The molecule has 2 heterocycles. The molecule has 1 atom stereocenters. The highest BCUT2D eigenvalue weighted by Gasteiger charge is 2.13. The van der Waals surface area contributed by atoms with Crippen LogP contribution in [0.5, 0.6) is 0 Å². The maximum atomic E-state index is 12.4. The van der Waals surface area contributed by atoms with E-state index in [1.807, 2.05) is 24.1 Å². The van der Waals surface area contributed by atoms with E-state index in [9.17, 15) is 9.59 Å². The molecule has 0 fully saturated rings. The molecule has 5 N–H and O–H groups in total. The molecule has 0 aliphatic rings. The molecule has 0 saturated heterocycles. The van der Waals surface area contributed by atoms with Crippen molar-refractivity contribution in [1.82, 2.24) is 25.3 Å². The quantitative estimate of drug-likeness (QED) is 0.387. The summed E-state index contributed by atoms with van der Waals surface area (Å²) in [6.45, 7) is 2.26. The van der Waals surface area contributed by atoms with Gasteiger partial charge in [0.1, 0.15) is 0 Å². The minimum atomic E-state index is -0.881. The smallest absolute Gasteiger partial charge is 0.303 e. The number of hydrogen-bond donors (Lipinski definition) is 4. The number of rotatable bonds is 9. The van der Waals surface area contributed by atoms with E-state index in [4.69, 9.17) is 10.8 Å². The third kappa shape index (κ3) is 5.56. The van der Waals surface area contributed by atoms with Crippen LogP contribution in [0.25, 0.3) is 11.2 Å². The minimum absolute atomic E-state index is 0.0121. The van der Waals surface area contributed by atoms with Crippen LogP contribution < -0.4 is 21.3 Å². The highest BCUT2D eigenvalue weighted by Crippen LogP contribution is 2.20. The number of fused-ring (bicyclic) bond motifs is 1. The molecule has 2 aromatic heterocycles. The van der Waals surface area contributed by atoms with E-state index in [-0.39, 0.29) is 24.3 Å². The van der Waals surface area contributed by atoms with Crippen LogP contribution in [0.2, 0.25) is 0 Å². The third-order valence-corrected chi connectivity index (χ3v) is 4.85. The van der Waals surface area contributed by atoms with E-state index in [1.54, 1.807) is 32.3 Å². The minimum Gasteiger partial charge on any atom is -0.481 e. The Balaban J connectivity index is 1.67. The van der Waals surface area contributed by atoms with Crippen molar-refractivity contribution in [3.8, 4) is 0 Å². The number of hydrogen-bond acceptors (Lipinski definition) is 9. The molecule has 0 aliphatic carbocycles. The second-order valence-electron chi connectivity index (χ2n) is 7.42. The molecule has 168 valence electrons. The molecule has 3 aromatic rings. The zero-order chi connectivity index (χ0) is 23.3. The summed E-state index contributed by atoms with van der Waals surface area (Å²) in [6.07, 6.45) is 2.03. The molecule has 11 heteroatoms. The van der Waals surface area contributed by atoms with E-state index in [0.29, 0.717) is 35.5 Å². The number of aromatic nitrogens is 4. The lowest BCUT2D eigenvalue weighted by atomic mass is 10.1. The lowest BCUT2D eigenvalue weighted by Gasteiger charge is -2.19. The van der Waals surface area contributed by atoms with Crippen LogP contribution in [0.4, 0.5) is 17.5 Å². The number of nitrogens with zero attached hydrogens (tertiary/aromatic N) is 5. The Kier molecular flexibility index (Phi) is 6.98. The maximum absolute atomic E-state index is 12.4. The number of anilines is 3. The second kappa shape index (κ2) is 9.86. The first-order valence-corrected chi connectivity index (χ1v) is 10.1. The third-order valence-electron chi connectivity index (χ3n) is 4.85. The molecule has 0 bridgehead atoms. The normalized spacial score (nSPS) is 11.7. The zero-order valence-electron chi connectivity index (χ0n) is 18.2. The van der Waals surface area contributed by atoms with E-state index >= 15 is 0 Å². The van der Waals surface area contributed by atoms with Gasteiger partial charge in [0, 0.05) is 37.8 Å². The molecule has 0 radical (unpaired) electrons. The zero-order valence-corrected chi connectivity index (χ0v) is 18.2. The van der Waals surface area contributed by atoms with Gasteiger partial charge in [-0.15, -0.1) is 0 Å². The Labute approximate surface area is 185 Å². The van der Waals surface area contributed by atoms with Crippen molar-refractivity contribution in [3.63, 3.8) is 0 Å². The van der Waals surface area contributed by atoms with Crippen molar-refractivity contribution in [3.05, 3.63) is 41.7 Å². The summed E-state index contributed by atoms with van der Waals surface area (Å²) in [4.78, 5) is 42.2. The van der Waals surface area contributed by atoms with Crippen LogP contribution in [0.1, 0.15) is 35.8 Å². The molecule has 11 nitrogen and oxygen atoms in total. The Morgan fingerprint density at radius 1 is 1.19 bits per heavy atom. The van der Waals surface area contributed by atoms with E-state index in [0.717, 1.165) is 11.4 Å². The molecule has 0 unspecified atom stereocenters. The summed E-state index contributed by atoms with van der Waals surface area (Å²) in [5.74, 6) is -0.483. The fourth-order valence-corrected chi connectivity index (χ4v) is 3.13. The molecule has 1 aromatic carbocycles. The number of nitrogens with one attached hydrogen (secondary N) is 2. The Morgan fingerprint density at radius 3 is 2.56 bits per heavy atom. The monoisotopic (exact) mass is 438 g/mol. The average Bonchev–Trinajstić information content (AvgIpc) is 2.77. The van der Waals surface area contributed by atoms with Gasteiger partial charge in [-0.25, -0.2) is 9.97 Å². The van der Waals surface area contributed by atoms with Gasteiger partial charge in [0.15, 0.2) is 17.0 Å². The van der Waals surface area contributed by atoms with Gasteiger partial charge >= 0.3 is 5.97 Å². The number of carboxylic acids is 1. The Hall–Kier alpha value is -4.02. The van der Waals surface area contributed by atoms with Gasteiger partial charge in [-0.1, -0.05) is 0 Å². The van der Waals surface area contributed by atoms with E-state index in [1.165, 1.54) is 0 Å². The number of benzene rings is 1. The summed E-state index contributed by atoms with van der Waals surface area (Å²) in [7, 11) is 3.64. The molecule has 0 saturated carbocycles. The molecule has 1 amide bonds. The molecule has 3 rings (SSSR count). The highest BCUT2D eigenvalue weighted by atomic mass is 16.4. The molecule has 0 aliphatic heterocycles. The van der Waals surface area contributed by atoms with Crippen molar-refractivity contribution in [2.75, 3.05) is 30.0 Å². The van der Waals surface area contributed by atoms with Crippen LogP contribution in [0, 0.1) is 0 Å². The topological polar surface area (TPSA) is 159 Å². The summed E-state index contributed by atoms with van der Waals surface area (Å²) < 4.78 is 0. The summed E-state index contributed by atoms with van der Waals surface area (Å²) in [5, 5.41) is 14.5. The Morgan fingerprint density at radius 2 is 1.91 bits per heavy atom. The van der Waals surface area contributed by atoms with Gasteiger partial charge in [-0.05, 0) is 37.6 Å². The van der Waals surface area contributed by atoms with Crippen LogP contribution >= 0.6 is 0 Å². The molecule has 0 spiro atoms. The molecular formula is C21H26N8O3. The van der Waals surface area contributed by atoms with Crippen molar-refractivity contribution in [2.24, 2.45) is 0 Å². The van der Waals surface area contributed by atoms with E-state index in [2.05, 4.69) is 30.6 Å². The van der Waals surface area contributed by atoms with Crippen molar-refractivity contribution >= 4 is 40.5 Å². The number of carbonyl (C=O) groups is 2. The summed E-state index contributed by atoms with van der Waals surface area (Å²) in [5.41, 5.74) is 8.77. The van der Waals surface area contributed by atoms with Crippen LogP contribution in [-0.2, 0) is 11.3 Å². The number of nitrogens with two attached hydrogens (primary N) is 1. The average molecular weight is 438 g/mol. The maximum Gasteiger partial charge on any atom is 0.303 e. The predicted octanol–water partition coefficient (Wildman–Crippen LogP) is 1.66. The fraction of sp³-hybridized carbons (Fsp3) is 0.333. The largest absolute Gasteiger partial charge is 0.481 e. The van der Waals surface area contributed by atoms with Crippen LogP contribution in [0.15, 0.2) is 30.5 Å². The standard InChI is InChI=1S/C21H26N8O3/c1-12(4-9-16(30)31)25-20(32)13-5-7-15(8-6-13)29(3)11-14-10-24-19-17(26-14)18(23-2)27-21(22)28-19/h5-8,10,12H,4,9,11H2,1-3H3,(H,25,32)(H,30,31)(H3,22,23,24,27,28)/t12-/m1/s1. The number of nitrogen functional groups attached to an aromatic ring is 1. The van der Waals surface area contributed by atoms with Crippen molar-refractivity contribution in [1.29, 1.82) is 0 Å². The van der Waals surface area contributed by atoms with E-state index < -0.39 is 5.97 Å². The van der Waals surface area contributed by atoms with Gasteiger partial charge in [0.25, 0.3) is 5.91 Å². The highest BCUT2D eigenvalue weighted by molar-refractivity contribution is 5.94. The Bertz CT molecular complexity index is 1120. The summed E-state index contributed by atoms with van der Waals surface area (Å²) in [6, 6.07) is 6.91. The van der Waals surface area contributed by atoms with Gasteiger partial charge in [0.05, 0.1) is 18.4 Å². The second-order valence-corrected chi connectivity index (χ2v) is 7.42. The lowest BCUT2D eigenvalue weighted by molar-refractivity contribution is -0.137. The number of carboxylic acid groups (broad SMARTS) is 1. The first kappa shape index (κ1) is 22.7. The van der Waals surface area contributed by atoms with Crippen molar-refractivity contribution in [2.45, 2.75) is 32.4 Å². The van der Waals surface area contributed by atoms with Gasteiger partial charge < -0.3 is 26.4 Å². The lowest BCUT2D eigenvalue weighted by Crippen LogP contribution is -2.32. The number of amides is 1. The van der Waals surface area contributed by atoms with Crippen molar-refractivity contribution < 1.29 is 14.7 Å². The van der Waals surface area contributed by atoms with Crippen LogP contribution in [-0.4, -0.2) is 57.1 Å². The fourth-order valence-electron chi connectivity index (χ4n) is 3.13. The van der Waals surface area contributed by atoms with Crippen LogP contribution in [0.3, 0.4) is 0 Å². The first-order chi connectivity index (χ1) is 15.3.